The maximum absolute atomic E-state index is 11.5. The number of carbonyl (C=O) groups is 1. The number of anilines is 2. The van der Waals surface area contributed by atoms with Crippen molar-refractivity contribution < 1.29 is 19.0 Å². The third kappa shape index (κ3) is 5.00. The zero-order valence-corrected chi connectivity index (χ0v) is 12.6. The fourth-order valence-electron chi connectivity index (χ4n) is 2.03. The van der Waals surface area contributed by atoms with Gasteiger partial charge in [0.25, 0.3) is 0 Å². The Hall–Kier alpha value is -1.63. The van der Waals surface area contributed by atoms with E-state index in [0.29, 0.717) is 13.2 Å². The van der Waals surface area contributed by atoms with Crippen molar-refractivity contribution in [3.05, 3.63) is 24.3 Å². The van der Waals surface area contributed by atoms with Crippen molar-refractivity contribution in [1.82, 2.24) is 0 Å². The van der Waals surface area contributed by atoms with E-state index in [1.807, 2.05) is 38.1 Å². The molecule has 0 unspecified atom stereocenters. The normalized spacial score (nSPS) is 18.2. The highest BCUT2D eigenvalue weighted by Gasteiger charge is 2.28. The lowest BCUT2D eigenvalue weighted by Gasteiger charge is -2.35. The number of hydrogen-bond acceptors (Lipinski definition) is 5. The van der Waals surface area contributed by atoms with Crippen LogP contribution in [-0.2, 0) is 19.0 Å². The fourth-order valence-corrected chi connectivity index (χ4v) is 2.03. The van der Waals surface area contributed by atoms with Gasteiger partial charge in [-0.25, -0.2) is 0 Å². The van der Waals surface area contributed by atoms with Crippen LogP contribution < -0.4 is 10.6 Å². The molecule has 1 aliphatic heterocycles. The summed E-state index contributed by atoms with van der Waals surface area (Å²) in [6, 6.07) is 7.59. The van der Waals surface area contributed by atoms with Gasteiger partial charge >= 0.3 is 0 Å². The molecule has 0 aromatic heterocycles. The molecule has 1 aromatic rings. The molecule has 0 bridgehead atoms. The molecule has 0 atom stereocenters. The molecule has 1 aromatic carbocycles. The minimum Gasteiger partial charge on any atom is -0.378 e. The Morgan fingerprint density at radius 2 is 2.00 bits per heavy atom. The SMILES string of the molecule is COCC(=O)Nc1cccc(NC2COC(C)(C)OC2)c1. The van der Waals surface area contributed by atoms with Gasteiger partial charge in [-0.05, 0) is 32.0 Å². The average molecular weight is 294 g/mol. The third-order valence-corrected chi connectivity index (χ3v) is 3.06. The molecule has 0 aliphatic carbocycles. The fraction of sp³-hybridized carbons (Fsp3) is 0.533. The molecule has 6 heteroatoms. The maximum Gasteiger partial charge on any atom is 0.250 e. The second-order valence-corrected chi connectivity index (χ2v) is 5.43. The molecule has 2 rings (SSSR count). The highest BCUT2D eigenvalue weighted by atomic mass is 16.7. The largest absolute Gasteiger partial charge is 0.378 e. The molecule has 6 nitrogen and oxygen atoms in total. The van der Waals surface area contributed by atoms with Gasteiger partial charge in [0.15, 0.2) is 5.79 Å². The van der Waals surface area contributed by atoms with E-state index in [2.05, 4.69) is 10.6 Å². The van der Waals surface area contributed by atoms with Crippen molar-refractivity contribution in [1.29, 1.82) is 0 Å². The highest BCUT2D eigenvalue weighted by Crippen LogP contribution is 2.21. The molecule has 1 aliphatic rings. The molecule has 21 heavy (non-hydrogen) atoms. The molecule has 0 saturated carbocycles. The van der Waals surface area contributed by atoms with Gasteiger partial charge in [0.2, 0.25) is 5.91 Å². The van der Waals surface area contributed by atoms with E-state index in [4.69, 9.17) is 14.2 Å². The van der Waals surface area contributed by atoms with Gasteiger partial charge in [0.1, 0.15) is 6.61 Å². The Labute approximate surface area is 124 Å². The van der Waals surface area contributed by atoms with Gasteiger partial charge in [-0.2, -0.15) is 0 Å². The van der Waals surface area contributed by atoms with E-state index in [9.17, 15) is 4.79 Å². The zero-order valence-electron chi connectivity index (χ0n) is 12.6. The van der Waals surface area contributed by atoms with Gasteiger partial charge in [-0.15, -0.1) is 0 Å². The van der Waals surface area contributed by atoms with Crippen LogP contribution in [0.2, 0.25) is 0 Å². The molecule has 116 valence electrons. The summed E-state index contributed by atoms with van der Waals surface area (Å²) in [7, 11) is 1.49. The molecule has 0 radical (unpaired) electrons. The van der Waals surface area contributed by atoms with Crippen molar-refractivity contribution in [2.24, 2.45) is 0 Å². The third-order valence-electron chi connectivity index (χ3n) is 3.06. The van der Waals surface area contributed by atoms with Crippen LogP contribution in [0.3, 0.4) is 0 Å². The van der Waals surface area contributed by atoms with Crippen LogP contribution in [0, 0.1) is 0 Å². The lowest BCUT2D eigenvalue weighted by Crippen LogP contribution is -2.45. The number of ether oxygens (including phenoxy) is 3. The zero-order chi connectivity index (χ0) is 15.3. The Kier molecular flexibility index (Phi) is 5.17. The summed E-state index contributed by atoms with van der Waals surface area (Å²) in [6.07, 6.45) is 0. The van der Waals surface area contributed by atoms with Crippen molar-refractivity contribution in [3.63, 3.8) is 0 Å². The predicted octanol–water partition coefficient (Wildman–Crippen LogP) is 1.83. The van der Waals surface area contributed by atoms with Gasteiger partial charge in [0, 0.05) is 18.5 Å². The molecule has 2 N–H and O–H groups in total. The summed E-state index contributed by atoms with van der Waals surface area (Å²) < 4.78 is 16.0. The monoisotopic (exact) mass is 294 g/mol. The molecular formula is C15H22N2O4. The first-order chi connectivity index (χ1) is 9.98. The van der Waals surface area contributed by atoms with Gasteiger partial charge in [-0.3, -0.25) is 4.79 Å². The standard InChI is InChI=1S/C15H22N2O4/c1-15(2)20-8-13(9-21-15)16-11-5-4-6-12(7-11)17-14(18)10-19-3/h4-7,13,16H,8-10H2,1-3H3,(H,17,18). The van der Waals surface area contributed by atoms with Crippen LogP contribution in [-0.4, -0.2) is 44.7 Å². The highest BCUT2D eigenvalue weighted by molar-refractivity contribution is 5.92. The minimum atomic E-state index is -0.520. The van der Waals surface area contributed by atoms with Gasteiger partial charge in [-0.1, -0.05) is 6.07 Å². The molecular weight excluding hydrogens is 272 g/mol. The van der Waals surface area contributed by atoms with Crippen molar-refractivity contribution in [2.45, 2.75) is 25.7 Å². The van der Waals surface area contributed by atoms with Crippen LogP contribution >= 0.6 is 0 Å². The second-order valence-electron chi connectivity index (χ2n) is 5.43. The van der Waals surface area contributed by atoms with Crippen molar-refractivity contribution >= 4 is 17.3 Å². The first-order valence-electron chi connectivity index (χ1n) is 6.92. The number of rotatable bonds is 5. The number of carbonyl (C=O) groups excluding carboxylic acids is 1. The van der Waals surface area contributed by atoms with E-state index in [-0.39, 0.29) is 18.6 Å². The number of benzene rings is 1. The Bertz CT molecular complexity index is 480. The van der Waals surface area contributed by atoms with E-state index in [1.165, 1.54) is 7.11 Å². The minimum absolute atomic E-state index is 0.0387. The Morgan fingerprint density at radius 1 is 1.33 bits per heavy atom. The Balaban J connectivity index is 1.91. The Morgan fingerprint density at radius 3 is 2.67 bits per heavy atom. The van der Waals surface area contributed by atoms with Crippen LogP contribution in [0.15, 0.2) is 24.3 Å². The van der Waals surface area contributed by atoms with E-state index < -0.39 is 5.79 Å². The summed E-state index contributed by atoms with van der Waals surface area (Å²) in [6.45, 7) is 4.99. The number of hydrogen-bond donors (Lipinski definition) is 2. The van der Waals surface area contributed by atoms with E-state index >= 15 is 0 Å². The van der Waals surface area contributed by atoms with E-state index in [1.54, 1.807) is 0 Å². The first kappa shape index (κ1) is 15.8. The van der Waals surface area contributed by atoms with Crippen molar-refractivity contribution in [3.8, 4) is 0 Å². The second kappa shape index (κ2) is 6.89. The molecule has 1 fully saturated rings. The molecule has 1 saturated heterocycles. The molecule has 1 heterocycles. The topological polar surface area (TPSA) is 68.8 Å². The lowest BCUT2D eigenvalue weighted by atomic mass is 10.2. The number of nitrogens with one attached hydrogen (secondary N) is 2. The van der Waals surface area contributed by atoms with Crippen LogP contribution in [0.1, 0.15) is 13.8 Å². The summed E-state index contributed by atoms with van der Waals surface area (Å²) in [5.74, 6) is -0.700. The molecule has 0 spiro atoms. The number of amides is 1. The summed E-state index contributed by atoms with van der Waals surface area (Å²) >= 11 is 0. The smallest absolute Gasteiger partial charge is 0.250 e. The predicted molar refractivity (Wildman–Crippen MR) is 80.3 cm³/mol. The van der Waals surface area contributed by atoms with E-state index in [0.717, 1.165) is 11.4 Å². The summed E-state index contributed by atoms with van der Waals surface area (Å²) in [4.78, 5) is 11.5. The summed E-state index contributed by atoms with van der Waals surface area (Å²) in [5, 5.41) is 6.10. The quantitative estimate of drug-likeness (QED) is 0.867. The van der Waals surface area contributed by atoms with Crippen LogP contribution in [0.4, 0.5) is 11.4 Å². The molecule has 1 amide bonds. The first-order valence-corrected chi connectivity index (χ1v) is 6.92. The lowest BCUT2D eigenvalue weighted by molar-refractivity contribution is -0.247. The van der Waals surface area contributed by atoms with Gasteiger partial charge < -0.3 is 24.8 Å². The van der Waals surface area contributed by atoms with Crippen molar-refractivity contribution in [2.75, 3.05) is 37.6 Å². The average Bonchev–Trinajstić information content (AvgIpc) is 2.42. The van der Waals surface area contributed by atoms with Gasteiger partial charge in [0.05, 0.1) is 19.3 Å². The summed E-state index contributed by atoms with van der Waals surface area (Å²) in [5.41, 5.74) is 1.63. The van der Waals surface area contributed by atoms with Crippen LogP contribution in [0.5, 0.6) is 0 Å². The maximum atomic E-state index is 11.5. The number of methoxy groups -OCH3 is 1. The van der Waals surface area contributed by atoms with Crippen LogP contribution in [0.25, 0.3) is 0 Å².